The summed E-state index contributed by atoms with van der Waals surface area (Å²) in [7, 11) is 0. The second-order valence-corrected chi connectivity index (χ2v) is 5.88. The summed E-state index contributed by atoms with van der Waals surface area (Å²) in [5, 5.41) is 0. The summed E-state index contributed by atoms with van der Waals surface area (Å²) >= 11 is 0. The molecule has 2 aliphatic heterocycles. The number of carbonyl (C=O) groups is 1. The predicted octanol–water partition coefficient (Wildman–Crippen LogP) is 0.958. The Hall–Kier alpha value is -1.93. The average Bonchev–Trinajstić information content (AvgIpc) is 3.36. The lowest BCUT2D eigenvalue weighted by Gasteiger charge is -2.45. The monoisotopic (exact) mass is 332 g/mol. The fourth-order valence-corrected chi connectivity index (χ4v) is 3.29. The van der Waals surface area contributed by atoms with Crippen molar-refractivity contribution in [3.63, 3.8) is 0 Å². The third kappa shape index (κ3) is 2.32. The van der Waals surface area contributed by atoms with Gasteiger partial charge in [0, 0.05) is 24.8 Å². The van der Waals surface area contributed by atoms with Crippen LogP contribution < -0.4 is 0 Å². The van der Waals surface area contributed by atoms with Crippen molar-refractivity contribution in [2.24, 2.45) is 0 Å². The molecule has 0 bridgehead atoms. The Morgan fingerprint density at radius 2 is 1.12 bits per heavy atom. The third-order valence-corrected chi connectivity index (χ3v) is 4.49. The largest absolute Gasteiger partial charge is 0.374 e. The molecule has 0 N–H and O–H groups in total. The molecule has 0 spiro atoms. The van der Waals surface area contributed by atoms with Crippen LogP contribution in [0.5, 0.6) is 0 Å². The highest BCUT2D eigenvalue weighted by atomic mass is 16.6. The lowest BCUT2D eigenvalue weighted by Crippen LogP contribution is -2.63. The maximum absolute atomic E-state index is 13.7. The Bertz CT molecular complexity index is 610. The van der Waals surface area contributed by atoms with Gasteiger partial charge in [0.2, 0.25) is 17.2 Å². The third-order valence-electron chi connectivity index (χ3n) is 4.49. The molecule has 128 valence electrons. The number of aromatic nitrogens is 2. The number of ether oxygens (including phenoxy) is 4. The van der Waals surface area contributed by atoms with Crippen molar-refractivity contribution in [1.82, 2.24) is 9.13 Å². The van der Waals surface area contributed by atoms with Gasteiger partial charge in [-0.15, -0.1) is 0 Å². The molecule has 2 saturated heterocycles. The highest BCUT2D eigenvalue weighted by molar-refractivity contribution is 5.91. The van der Waals surface area contributed by atoms with Crippen LogP contribution in [0.2, 0.25) is 0 Å². The van der Waals surface area contributed by atoms with Crippen molar-refractivity contribution < 1.29 is 23.7 Å². The minimum atomic E-state index is -1.27. The summed E-state index contributed by atoms with van der Waals surface area (Å²) in [6.45, 7) is 1.87. The van der Waals surface area contributed by atoms with Gasteiger partial charge < -0.3 is 28.1 Å². The van der Waals surface area contributed by atoms with Crippen molar-refractivity contribution >= 4 is 5.78 Å². The molecule has 2 unspecified atom stereocenters. The van der Waals surface area contributed by atoms with E-state index in [0.29, 0.717) is 26.4 Å². The van der Waals surface area contributed by atoms with Crippen LogP contribution in [-0.2, 0) is 35.2 Å². The first-order valence-corrected chi connectivity index (χ1v) is 8.03. The number of hydrogen-bond acceptors (Lipinski definition) is 5. The van der Waals surface area contributed by atoms with Crippen LogP contribution in [0.15, 0.2) is 49.1 Å². The smallest absolute Gasteiger partial charge is 0.243 e. The zero-order valence-corrected chi connectivity index (χ0v) is 13.3. The second kappa shape index (κ2) is 6.18. The molecule has 2 aromatic heterocycles. The molecule has 0 aromatic carbocycles. The number of rotatable bonds is 4. The van der Waals surface area contributed by atoms with Gasteiger partial charge in [-0.25, -0.2) is 0 Å². The Balaban J connectivity index is 1.80. The molecule has 4 rings (SSSR count). The molecule has 0 amide bonds. The standard InChI is InChI=1S/C17H20N2O5/c20-15(16(13-21-9-11-23-16)18-5-1-2-6-18)17(14-22-10-12-24-17)19-7-3-4-8-19/h1-8H,9-14H2. The highest BCUT2D eigenvalue weighted by Crippen LogP contribution is 2.35. The Kier molecular flexibility index (Phi) is 4.01. The summed E-state index contributed by atoms with van der Waals surface area (Å²) in [5.74, 6) is -0.234. The van der Waals surface area contributed by atoms with E-state index < -0.39 is 11.4 Å². The van der Waals surface area contributed by atoms with Gasteiger partial charge in [-0.3, -0.25) is 4.79 Å². The second-order valence-electron chi connectivity index (χ2n) is 5.88. The molecule has 24 heavy (non-hydrogen) atoms. The summed E-state index contributed by atoms with van der Waals surface area (Å²) < 4.78 is 26.7. The van der Waals surface area contributed by atoms with Gasteiger partial charge in [0.1, 0.15) is 13.2 Å². The predicted molar refractivity (Wildman–Crippen MR) is 83.4 cm³/mol. The van der Waals surface area contributed by atoms with Crippen molar-refractivity contribution in [3.8, 4) is 0 Å². The van der Waals surface area contributed by atoms with Crippen LogP contribution in [0.4, 0.5) is 0 Å². The SMILES string of the molecule is O=C(C1(n2cccc2)COCCO1)C1(n2cccc2)COCCO1. The van der Waals surface area contributed by atoms with Crippen molar-refractivity contribution in [2.75, 3.05) is 39.6 Å². The van der Waals surface area contributed by atoms with Crippen LogP contribution >= 0.6 is 0 Å². The number of ketones is 1. The minimum Gasteiger partial charge on any atom is -0.374 e. The van der Waals surface area contributed by atoms with E-state index >= 15 is 0 Å². The van der Waals surface area contributed by atoms with E-state index in [0.717, 1.165) is 0 Å². The molecule has 0 aliphatic carbocycles. The van der Waals surface area contributed by atoms with Crippen LogP contribution in [0, 0.1) is 0 Å². The number of hydrogen-bond donors (Lipinski definition) is 0. The lowest BCUT2D eigenvalue weighted by molar-refractivity contribution is -0.249. The first-order valence-electron chi connectivity index (χ1n) is 8.03. The van der Waals surface area contributed by atoms with Crippen molar-refractivity contribution in [2.45, 2.75) is 11.4 Å². The Morgan fingerprint density at radius 1 is 0.708 bits per heavy atom. The molecule has 7 heteroatoms. The highest BCUT2D eigenvalue weighted by Gasteiger charge is 2.56. The van der Waals surface area contributed by atoms with E-state index in [9.17, 15) is 4.79 Å². The normalized spacial score (nSPS) is 31.0. The van der Waals surface area contributed by atoms with Gasteiger partial charge in [-0.2, -0.15) is 0 Å². The lowest BCUT2D eigenvalue weighted by atomic mass is 9.96. The number of carbonyl (C=O) groups excluding carboxylic acids is 1. The maximum atomic E-state index is 13.7. The first-order chi connectivity index (χ1) is 11.8. The minimum absolute atomic E-state index is 0.132. The van der Waals surface area contributed by atoms with Gasteiger partial charge in [0.25, 0.3) is 0 Å². The zero-order chi connectivity index (χ0) is 16.5. The first kappa shape index (κ1) is 15.6. The van der Waals surface area contributed by atoms with Gasteiger partial charge >= 0.3 is 0 Å². The van der Waals surface area contributed by atoms with Crippen molar-refractivity contribution in [3.05, 3.63) is 49.1 Å². The van der Waals surface area contributed by atoms with Crippen LogP contribution in [0.3, 0.4) is 0 Å². The molecule has 2 fully saturated rings. The molecule has 0 radical (unpaired) electrons. The van der Waals surface area contributed by atoms with Crippen LogP contribution in [-0.4, -0.2) is 54.6 Å². The Labute approximate surface area is 139 Å². The number of nitrogens with zero attached hydrogens (tertiary/aromatic N) is 2. The van der Waals surface area contributed by atoms with Gasteiger partial charge in [0.05, 0.1) is 26.4 Å². The van der Waals surface area contributed by atoms with E-state index in [-0.39, 0.29) is 19.0 Å². The van der Waals surface area contributed by atoms with Crippen LogP contribution in [0.1, 0.15) is 0 Å². The van der Waals surface area contributed by atoms with Gasteiger partial charge in [-0.05, 0) is 24.3 Å². The summed E-state index contributed by atoms with van der Waals surface area (Å²) in [6.07, 6.45) is 7.22. The van der Waals surface area contributed by atoms with E-state index in [1.165, 1.54) is 0 Å². The van der Waals surface area contributed by atoms with Gasteiger partial charge in [-0.1, -0.05) is 0 Å². The fourth-order valence-electron chi connectivity index (χ4n) is 3.29. The fraction of sp³-hybridized carbons (Fsp3) is 0.471. The topological polar surface area (TPSA) is 63.9 Å². The molecule has 7 nitrogen and oxygen atoms in total. The molecule has 2 atom stereocenters. The zero-order valence-electron chi connectivity index (χ0n) is 13.3. The average molecular weight is 332 g/mol. The van der Waals surface area contributed by atoms with E-state index in [2.05, 4.69) is 0 Å². The Morgan fingerprint density at radius 3 is 1.46 bits per heavy atom. The molecule has 2 aromatic rings. The van der Waals surface area contributed by atoms with Gasteiger partial charge in [0.15, 0.2) is 0 Å². The molecule has 2 aliphatic rings. The molecule has 4 heterocycles. The summed E-state index contributed by atoms with van der Waals surface area (Å²) in [4.78, 5) is 13.7. The van der Waals surface area contributed by atoms with Crippen LogP contribution in [0.25, 0.3) is 0 Å². The maximum Gasteiger partial charge on any atom is 0.243 e. The summed E-state index contributed by atoms with van der Waals surface area (Å²) in [6, 6.07) is 7.42. The molecular formula is C17H20N2O5. The van der Waals surface area contributed by atoms with Crippen molar-refractivity contribution in [1.29, 1.82) is 0 Å². The number of Topliss-reactive ketones (excluding diaryl/α,β-unsaturated/α-hetero) is 1. The molecular weight excluding hydrogens is 312 g/mol. The van der Waals surface area contributed by atoms with E-state index in [1.807, 2.05) is 24.3 Å². The van der Waals surface area contributed by atoms with E-state index in [1.54, 1.807) is 33.9 Å². The quantitative estimate of drug-likeness (QED) is 0.834. The molecule has 0 saturated carbocycles. The van der Waals surface area contributed by atoms with E-state index in [4.69, 9.17) is 18.9 Å². The summed E-state index contributed by atoms with van der Waals surface area (Å²) in [5.41, 5.74) is -2.54.